The van der Waals surface area contributed by atoms with Crippen LogP contribution in [0, 0.1) is 0 Å². The second-order valence-electron chi connectivity index (χ2n) is 8.73. The molecular weight excluding hydrogens is 390 g/mol. The number of fused-ring (bicyclic) bond motifs is 13. The standard InChI is InChI=1S/C25H17N3O3/c29-24-20-18-12-6-1-3-8-14(12)27-16-10-5-11-17(31-16)28-15-9-4-2-7-13(15)19(23(28)22(18)27)21(20)25(30)26-24/h1-4,6-9,16-17H,5,10-11H2,(H,26,29,30). The Balaban J connectivity index is 1.81. The Hall–Kier alpha value is -3.64. The Morgan fingerprint density at radius 1 is 0.742 bits per heavy atom. The molecule has 0 spiro atoms. The van der Waals surface area contributed by atoms with Gasteiger partial charge in [-0.3, -0.25) is 14.9 Å². The summed E-state index contributed by atoms with van der Waals surface area (Å²) >= 11 is 0. The van der Waals surface area contributed by atoms with Crippen molar-refractivity contribution >= 4 is 55.4 Å². The molecular formula is C25H17N3O3. The number of aromatic nitrogens is 2. The van der Waals surface area contributed by atoms with E-state index in [2.05, 4.69) is 26.6 Å². The van der Waals surface area contributed by atoms with E-state index in [0.717, 1.165) is 62.9 Å². The number of rotatable bonds is 0. The van der Waals surface area contributed by atoms with E-state index in [1.165, 1.54) is 0 Å². The molecule has 3 aliphatic heterocycles. The minimum atomic E-state index is -0.310. The van der Waals surface area contributed by atoms with Gasteiger partial charge in [-0.25, -0.2) is 0 Å². The SMILES string of the molecule is O=C1NC(=O)c2c1c1c3ccccc3n3c1c1c2c2ccccc2n1C1CCCC3O1. The molecule has 2 amide bonds. The number of hydrogen-bond donors (Lipinski definition) is 1. The maximum Gasteiger partial charge on any atom is 0.259 e. The monoisotopic (exact) mass is 407 g/mol. The van der Waals surface area contributed by atoms with Crippen molar-refractivity contribution in [1.82, 2.24) is 14.5 Å². The third-order valence-corrected chi connectivity index (χ3v) is 7.27. The number of benzene rings is 3. The van der Waals surface area contributed by atoms with E-state index in [1.54, 1.807) is 0 Å². The molecule has 0 saturated carbocycles. The van der Waals surface area contributed by atoms with Gasteiger partial charge in [0.05, 0.1) is 33.2 Å². The van der Waals surface area contributed by atoms with Gasteiger partial charge in [0.25, 0.3) is 11.8 Å². The Morgan fingerprint density at radius 3 is 1.74 bits per heavy atom. The Kier molecular flexibility index (Phi) is 2.68. The van der Waals surface area contributed by atoms with Gasteiger partial charge >= 0.3 is 0 Å². The van der Waals surface area contributed by atoms with Crippen LogP contribution in [-0.4, -0.2) is 20.9 Å². The number of amides is 2. The van der Waals surface area contributed by atoms with Crippen LogP contribution in [0.3, 0.4) is 0 Å². The van der Waals surface area contributed by atoms with Crippen molar-refractivity contribution in [2.75, 3.05) is 0 Å². The lowest BCUT2D eigenvalue weighted by molar-refractivity contribution is -0.115. The molecule has 8 rings (SSSR count). The average molecular weight is 407 g/mol. The number of nitrogens with one attached hydrogen (secondary N) is 1. The van der Waals surface area contributed by atoms with E-state index >= 15 is 0 Å². The van der Waals surface area contributed by atoms with E-state index < -0.39 is 0 Å². The fourth-order valence-electron chi connectivity index (χ4n) is 6.19. The summed E-state index contributed by atoms with van der Waals surface area (Å²) in [6, 6.07) is 16.3. The molecule has 3 aromatic carbocycles. The van der Waals surface area contributed by atoms with Gasteiger partial charge in [-0.2, -0.15) is 0 Å². The molecule has 150 valence electrons. The number of carbonyl (C=O) groups excluding carboxylic acids is 2. The normalized spacial score (nSPS) is 22.1. The maximum atomic E-state index is 13.1. The summed E-state index contributed by atoms with van der Waals surface area (Å²) in [5.41, 5.74) is 5.10. The van der Waals surface area contributed by atoms with Crippen LogP contribution in [0.1, 0.15) is 52.4 Å². The number of imide groups is 1. The van der Waals surface area contributed by atoms with Crippen molar-refractivity contribution < 1.29 is 14.3 Å². The van der Waals surface area contributed by atoms with Crippen molar-refractivity contribution in [3.05, 3.63) is 59.7 Å². The van der Waals surface area contributed by atoms with E-state index in [-0.39, 0.29) is 24.3 Å². The van der Waals surface area contributed by atoms with Gasteiger partial charge in [-0.15, -0.1) is 0 Å². The van der Waals surface area contributed by atoms with Gasteiger partial charge in [-0.1, -0.05) is 36.4 Å². The van der Waals surface area contributed by atoms with Crippen LogP contribution in [0.4, 0.5) is 0 Å². The predicted molar refractivity (Wildman–Crippen MR) is 117 cm³/mol. The zero-order valence-corrected chi connectivity index (χ0v) is 16.5. The van der Waals surface area contributed by atoms with E-state index in [1.807, 2.05) is 36.4 Å². The molecule has 1 saturated heterocycles. The average Bonchev–Trinajstić information content (AvgIpc) is 3.38. The highest BCUT2D eigenvalue weighted by atomic mass is 16.5. The minimum absolute atomic E-state index is 0.0961. The summed E-state index contributed by atoms with van der Waals surface area (Å²) in [7, 11) is 0. The summed E-state index contributed by atoms with van der Waals surface area (Å²) in [4.78, 5) is 26.2. The van der Waals surface area contributed by atoms with Crippen molar-refractivity contribution in [3.63, 3.8) is 0 Å². The molecule has 6 heteroatoms. The second kappa shape index (κ2) is 5.15. The van der Waals surface area contributed by atoms with Crippen LogP contribution >= 0.6 is 0 Å². The zero-order valence-electron chi connectivity index (χ0n) is 16.5. The topological polar surface area (TPSA) is 65.3 Å². The first kappa shape index (κ1) is 16.1. The molecule has 5 heterocycles. The molecule has 2 atom stereocenters. The van der Waals surface area contributed by atoms with Crippen LogP contribution in [0.15, 0.2) is 48.5 Å². The molecule has 1 N–H and O–H groups in total. The minimum Gasteiger partial charge on any atom is -0.335 e. The fourth-order valence-corrected chi connectivity index (χ4v) is 6.19. The smallest absolute Gasteiger partial charge is 0.259 e. The number of nitrogens with zero attached hydrogens (tertiary/aromatic N) is 2. The van der Waals surface area contributed by atoms with Crippen LogP contribution in [0.5, 0.6) is 0 Å². The van der Waals surface area contributed by atoms with Gasteiger partial charge in [0.1, 0.15) is 12.5 Å². The molecule has 0 radical (unpaired) electrons. The van der Waals surface area contributed by atoms with Gasteiger partial charge in [0.15, 0.2) is 0 Å². The zero-order chi connectivity index (χ0) is 20.4. The molecule has 31 heavy (non-hydrogen) atoms. The fraction of sp³-hybridized carbons (Fsp3) is 0.200. The molecule has 2 bridgehead atoms. The summed E-state index contributed by atoms with van der Waals surface area (Å²) in [5, 5.41) is 6.28. The summed E-state index contributed by atoms with van der Waals surface area (Å²) in [6.07, 6.45) is 2.72. The predicted octanol–water partition coefficient (Wildman–Crippen LogP) is 5.00. The highest BCUT2D eigenvalue weighted by molar-refractivity contribution is 6.39. The van der Waals surface area contributed by atoms with Gasteiger partial charge in [0, 0.05) is 21.5 Å². The lowest BCUT2D eigenvalue weighted by Gasteiger charge is -2.31. The number of carbonyl (C=O) groups is 2. The van der Waals surface area contributed by atoms with Crippen LogP contribution in [0.2, 0.25) is 0 Å². The van der Waals surface area contributed by atoms with E-state index in [4.69, 9.17) is 4.74 Å². The number of ether oxygens (including phenoxy) is 1. The first-order valence-corrected chi connectivity index (χ1v) is 10.8. The molecule has 5 aromatic rings. The summed E-state index contributed by atoms with van der Waals surface area (Å²) < 4.78 is 11.2. The molecule has 3 aliphatic rings. The van der Waals surface area contributed by atoms with Crippen LogP contribution in [-0.2, 0) is 4.74 Å². The third kappa shape index (κ3) is 1.68. The lowest BCUT2D eigenvalue weighted by Crippen LogP contribution is -2.22. The highest BCUT2D eigenvalue weighted by Gasteiger charge is 2.40. The largest absolute Gasteiger partial charge is 0.335 e. The third-order valence-electron chi connectivity index (χ3n) is 7.27. The lowest BCUT2D eigenvalue weighted by atomic mass is 9.96. The Morgan fingerprint density at radius 2 is 1.23 bits per heavy atom. The Bertz CT molecular complexity index is 1550. The molecule has 2 aromatic heterocycles. The Labute approximate surface area is 176 Å². The maximum absolute atomic E-state index is 13.1. The summed E-state index contributed by atoms with van der Waals surface area (Å²) in [6.45, 7) is 0. The van der Waals surface area contributed by atoms with Crippen LogP contribution < -0.4 is 5.32 Å². The van der Waals surface area contributed by atoms with Gasteiger partial charge in [0.2, 0.25) is 0 Å². The van der Waals surface area contributed by atoms with E-state index in [0.29, 0.717) is 11.1 Å². The van der Waals surface area contributed by atoms with Crippen molar-refractivity contribution in [2.45, 2.75) is 31.7 Å². The van der Waals surface area contributed by atoms with Gasteiger partial charge < -0.3 is 13.9 Å². The van der Waals surface area contributed by atoms with E-state index in [9.17, 15) is 9.59 Å². The van der Waals surface area contributed by atoms with Crippen molar-refractivity contribution in [3.8, 4) is 0 Å². The molecule has 0 aliphatic carbocycles. The molecule has 1 fully saturated rings. The summed E-state index contributed by atoms with van der Waals surface area (Å²) in [5.74, 6) is -0.621. The number of para-hydroxylation sites is 2. The van der Waals surface area contributed by atoms with Crippen molar-refractivity contribution in [1.29, 1.82) is 0 Å². The van der Waals surface area contributed by atoms with Crippen molar-refractivity contribution in [2.24, 2.45) is 0 Å². The number of hydrogen-bond acceptors (Lipinski definition) is 3. The van der Waals surface area contributed by atoms with Crippen LogP contribution in [0.25, 0.3) is 43.6 Å². The second-order valence-corrected chi connectivity index (χ2v) is 8.73. The molecule has 2 unspecified atom stereocenters. The first-order valence-electron chi connectivity index (χ1n) is 10.8. The first-order chi connectivity index (χ1) is 15.2. The quantitative estimate of drug-likeness (QED) is 0.368. The van der Waals surface area contributed by atoms with Gasteiger partial charge in [-0.05, 0) is 31.4 Å². The molecule has 6 nitrogen and oxygen atoms in total. The highest BCUT2D eigenvalue weighted by Crippen LogP contribution is 2.51.